The first-order valence-electron chi connectivity index (χ1n) is 8.53. The number of benzene rings is 1. The van der Waals surface area contributed by atoms with Crippen LogP contribution in [0.15, 0.2) is 18.2 Å². The maximum absolute atomic E-state index is 11.6. The lowest BCUT2D eigenvalue weighted by atomic mass is 9.70. The largest absolute Gasteiger partial charge is 0.496 e. The van der Waals surface area contributed by atoms with E-state index in [2.05, 4.69) is 13.0 Å². The van der Waals surface area contributed by atoms with E-state index in [0.717, 1.165) is 11.3 Å². The van der Waals surface area contributed by atoms with Crippen molar-refractivity contribution in [3.05, 3.63) is 29.3 Å². The average molecular weight is 320 g/mol. The van der Waals surface area contributed by atoms with E-state index in [0.29, 0.717) is 12.8 Å². The smallest absolute Gasteiger partial charge is 0.306 e. The molecule has 0 saturated heterocycles. The van der Waals surface area contributed by atoms with Crippen LogP contribution < -0.4 is 4.74 Å². The number of hydrogen-bond donors (Lipinski definition) is 1. The molecule has 0 aromatic heterocycles. The Labute approximate surface area is 138 Å². The number of carbonyl (C=O) groups excluding carboxylic acids is 1. The minimum absolute atomic E-state index is 0.0742. The molecule has 23 heavy (non-hydrogen) atoms. The summed E-state index contributed by atoms with van der Waals surface area (Å²) in [6, 6.07) is 6.24. The highest BCUT2D eigenvalue weighted by Gasteiger charge is 2.31. The fourth-order valence-corrected chi connectivity index (χ4v) is 3.46. The quantitative estimate of drug-likeness (QED) is 0.783. The van der Waals surface area contributed by atoms with Crippen molar-refractivity contribution in [2.24, 2.45) is 0 Å². The van der Waals surface area contributed by atoms with Crippen LogP contribution in [0.25, 0.3) is 0 Å². The highest BCUT2D eigenvalue weighted by Crippen LogP contribution is 2.43. The van der Waals surface area contributed by atoms with E-state index in [-0.39, 0.29) is 24.6 Å². The first-order chi connectivity index (χ1) is 11.1. The maximum atomic E-state index is 11.6. The minimum Gasteiger partial charge on any atom is -0.496 e. The van der Waals surface area contributed by atoms with Gasteiger partial charge in [0, 0.05) is 12.0 Å². The predicted molar refractivity (Wildman–Crippen MR) is 89.8 cm³/mol. The Morgan fingerprint density at radius 2 is 2.00 bits per heavy atom. The minimum atomic E-state index is -0.264. The number of methoxy groups -OCH3 is 1. The lowest BCUT2D eigenvalue weighted by Crippen LogP contribution is -2.26. The van der Waals surface area contributed by atoms with Gasteiger partial charge < -0.3 is 14.6 Å². The third-order valence-electron chi connectivity index (χ3n) is 4.84. The van der Waals surface area contributed by atoms with Crippen LogP contribution in [0.4, 0.5) is 0 Å². The van der Waals surface area contributed by atoms with Crippen molar-refractivity contribution in [2.75, 3.05) is 20.3 Å². The molecule has 1 N–H and O–H groups in total. The summed E-state index contributed by atoms with van der Waals surface area (Å²) >= 11 is 0. The second kappa shape index (κ2) is 8.34. The summed E-state index contributed by atoms with van der Waals surface area (Å²) in [5, 5.41) is 8.68. The van der Waals surface area contributed by atoms with Crippen molar-refractivity contribution in [2.45, 2.75) is 57.3 Å². The van der Waals surface area contributed by atoms with E-state index in [1.807, 2.05) is 12.1 Å². The lowest BCUT2D eigenvalue weighted by Gasteiger charge is -2.35. The molecule has 4 nitrogen and oxygen atoms in total. The van der Waals surface area contributed by atoms with Crippen molar-refractivity contribution in [3.63, 3.8) is 0 Å². The van der Waals surface area contributed by atoms with Gasteiger partial charge in [-0.25, -0.2) is 0 Å². The van der Waals surface area contributed by atoms with Crippen LogP contribution in [-0.4, -0.2) is 31.4 Å². The lowest BCUT2D eigenvalue weighted by molar-refractivity contribution is -0.144. The number of rotatable bonds is 7. The van der Waals surface area contributed by atoms with Gasteiger partial charge in [0.15, 0.2) is 0 Å². The maximum Gasteiger partial charge on any atom is 0.306 e. The molecule has 0 heterocycles. The van der Waals surface area contributed by atoms with Crippen LogP contribution in [0, 0.1) is 0 Å². The van der Waals surface area contributed by atoms with Gasteiger partial charge in [-0.15, -0.1) is 0 Å². The molecule has 0 spiro atoms. The number of aliphatic hydroxyl groups is 1. The summed E-state index contributed by atoms with van der Waals surface area (Å²) in [6.45, 7) is 2.27. The van der Waals surface area contributed by atoms with E-state index in [9.17, 15) is 4.79 Å². The third kappa shape index (κ3) is 4.71. The molecule has 1 aliphatic rings. The molecule has 128 valence electrons. The Morgan fingerprint density at radius 1 is 1.26 bits per heavy atom. The van der Waals surface area contributed by atoms with Gasteiger partial charge in [0.05, 0.1) is 13.7 Å². The molecular weight excluding hydrogens is 292 g/mol. The van der Waals surface area contributed by atoms with Crippen LogP contribution >= 0.6 is 0 Å². The van der Waals surface area contributed by atoms with Crippen molar-refractivity contribution < 1.29 is 19.4 Å². The zero-order valence-electron chi connectivity index (χ0n) is 14.3. The van der Waals surface area contributed by atoms with Crippen molar-refractivity contribution in [1.29, 1.82) is 0 Å². The molecule has 1 aromatic rings. The molecule has 0 radical (unpaired) electrons. The van der Waals surface area contributed by atoms with E-state index >= 15 is 0 Å². The second-order valence-corrected chi connectivity index (χ2v) is 6.60. The fourth-order valence-electron chi connectivity index (χ4n) is 3.46. The summed E-state index contributed by atoms with van der Waals surface area (Å²) in [5.74, 6) is 0.682. The molecule has 1 aromatic carbocycles. The molecule has 4 heteroatoms. The molecule has 0 amide bonds. The predicted octanol–water partition coefficient (Wildman–Crippen LogP) is 3.39. The van der Waals surface area contributed by atoms with Crippen molar-refractivity contribution >= 4 is 5.97 Å². The fraction of sp³-hybridized carbons (Fsp3) is 0.632. The van der Waals surface area contributed by atoms with E-state index in [1.54, 1.807) is 7.11 Å². The van der Waals surface area contributed by atoms with Crippen LogP contribution in [0.1, 0.15) is 56.6 Å². The van der Waals surface area contributed by atoms with Gasteiger partial charge >= 0.3 is 5.97 Å². The molecule has 1 saturated carbocycles. The summed E-state index contributed by atoms with van der Waals surface area (Å²) in [4.78, 5) is 11.6. The van der Waals surface area contributed by atoms with E-state index < -0.39 is 0 Å². The van der Waals surface area contributed by atoms with Gasteiger partial charge in [-0.3, -0.25) is 4.79 Å². The zero-order chi connectivity index (χ0) is 16.7. The van der Waals surface area contributed by atoms with Gasteiger partial charge in [0.1, 0.15) is 12.4 Å². The molecule has 0 unspecified atom stereocenters. The first-order valence-corrected chi connectivity index (χ1v) is 8.53. The van der Waals surface area contributed by atoms with Crippen LogP contribution in [-0.2, 0) is 21.4 Å². The number of esters is 1. The number of ether oxygens (including phenoxy) is 2. The molecule has 0 atom stereocenters. The highest BCUT2D eigenvalue weighted by atomic mass is 16.5. The van der Waals surface area contributed by atoms with Gasteiger partial charge in [0.2, 0.25) is 0 Å². The molecule has 0 bridgehead atoms. The SMILES string of the molecule is COc1ccc(CCC(=O)OCCO)cc1C1(C)CCCCC1. The Kier molecular flexibility index (Phi) is 6.46. The van der Waals surface area contributed by atoms with Crippen molar-refractivity contribution in [3.8, 4) is 5.75 Å². The van der Waals surface area contributed by atoms with Gasteiger partial charge in [-0.05, 0) is 36.3 Å². The Morgan fingerprint density at radius 3 is 2.65 bits per heavy atom. The number of hydrogen-bond acceptors (Lipinski definition) is 4. The Balaban J connectivity index is 2.10. The molecule has 1 aliphatic carbocycles. The number of aliphatic hydroxyl groups excluding tert-OH is 1. The number of aryl methyl sites for hydroxylation is 1. The van der Waals surface area contributed by atoms with Gasteiger partial charge in [-0.1, -0.05) is 38.3 Å². The van der Waals surface area contributed by atoms with Crippen LogP contribution in [0.3, 0.4) is 0 Å². The summed E-state index contributed by atoms with van der Waals surface area (Å²) < 4.78 is 10.5. The highest BCUT2D eigenvalue weighted by molar-refractivity contribution is 5.69. The van der Waals surface area contributed by atoms with Crippen molar-refractivity contribution in [1.82, 2.24) is 0 Å². The number of carbonyl (C=O) groups is 1. The van der Waals surface area contributed by atoms with Crippen LogP contribution in [0.2, 0.25) is 0 Å². The molecule has 2 rings (SSSR count). The molecule has 0 aliphatic heterocycles. The average Bonchev–Trinajstić information content (AvgIpc) is 2.58. The Bertz CT molecular complexity index is 518. The Hall–Kier alpha value is -1.55. The van der Waals surface area contributed by atoms with E-state index in [4.69, 9.17) is 14.6 Å². The summed E-state index contributed by atoms with van der Waals surface area (Å²) in [6.07, 6.45) is 7.19. The normalized spacial score (nSPS) is 16.8. The monoisotopic (exact) mass is 320 g/mol. The third-order valence-corrected chi connectivity index (χ3v) is 4.84. The summed E-state index contributed by atoms with van der Waals surface area (Å²) in [7, 11) is 1.72. The zero-order valence-corrected chi connectivity index (χ0v) is 14.3. The molecule has 1 fully saturated rings. The van der Waals surface area contributed by atoms with Gasteiger partial charge in [-0.2, -0.15) is 0 Å². The standard InChI is InChI=1S/C19H28O4/c1-19(10-4-3-5-11-19)16-14-15(6-8-17(16)22-2)7-9-18(21)23-13-12-20/h6,8,14,20H,3-5,7,9-13H2,1-2H3. The van der Waals surface area contributed by atoms with E-state index in [1.165, 1.54) is 37.7 Å². The van der Waals surface area contributed by atoms with Crippen LogP contribution in [0.5, 0.6) is 5.75 Å². The first kappa shape index (κ1) is 17.8. The second-order valence-electron chi connectivity index (χ2n) is 6.60. The topological polar surface area (TPSA) is 55.8 Å². The van der Waals surface area contributed by atoms with Gasteiger partial charge in [0.25, 0.3) is 0 Å². The summed E-state index contributed by atoms with van der Waals surface area (Å²) in [5.41, 5.74) is 2.56. The molecular formula is C19H28O4.